The van der Waals surface area contributed by atoms with Gasteiger partial charge in [0.1, 0.15) is 5.75 Å². The molecule has 0 heterocycles. The average molecular weight is 576 g/mol. The molecule has 0 aliphatic heterocycles. The lowest BCUT2D eigenvalue weighted by Gasteiger charge is -2.25. The first-order chi connectivity index (χ1) is 17.9. The molecule has 0 aromatic heterocycles. The molecule has 3 rings (SSSR count). The molecule has 0 atom stereocenters. The van der Waals surface area contributed by atoms with E-state index >= 15 is 0 Å². The van der Waals surface area contributed by atoms with E-state index in [2.05, 4.69) is 4.74 Å². The standard InChI is InChI=1S/C28H25ClF7NO2/c1-26(2,3)19-9-7-18(8-10-19)16-37(12-11-17-5-4-6-21(13-17)39-28(34,35)36)25(38)22-14-20(27(31,32)33)15-23(29)24(22)30/h4-10,13-15H,11-12,16H2,1-3H3. The van der Waals surface area contributed by atoms with Crippen molar-refractivity contribution in [2.24, 2.45) is 0 Å². The van der Waals surface area contributed by atoms with Gasteiger partial charge in [-0.1, -0.05) is 68.8 Å². The fourth-order valence-corrected chi connectivity index (χ4v) is 4.04. The maximum Gasteiger partial charge on any atom is 0.573 e. The number of carbonyl (C=O) groups excluding carboxylic acids is 1. The van der Waals surface area contributed by atoms with E-state index in [4.69, 9.17) is 11.6 Å². The van der Waals surface area contributed by atoms with Gasteiger partial charge in [0.2, 0.25) is 0 Å². The molecule has 0 spiro atoms. The van der Waals surface area contributed by atoms with E-state index in [1.807, 2.05) is 32.9 Å². The van der Waals surface area contributed by atoms with E-state index in [1.54, 1.807) is 12.1 Å². The third-order valence-corrected chi connectivity index (χ3v) is 6.14. The quantitative estimate of drug-likeness (QED) is 0.264. The van der Waals surface area contributed by atoms with Crippen molar-refractivity contribution in [2.45, 2.75) is 51.7 Å². The molecule has 1 amide bonds. The second kappa shape index (κ2) is 11.5. The second-order valence-electron chi connectivity index (χ2n) is 9.94. The maximum absolute atomic E-state index is 14.8. The summed E-state index contributed by atoms with van der Waals surface area (Å²) in [6.45, 7) is 5.77. The van der Waals surface area contributed by atoms with Crippen LogP contribution in [0.3, 0.4) is 0 Å². The van der Waals surface area contributed by atoms with Crippen LogP contribution in [0.4, 0.5) is 30.7 Å². The fraction of sp³-hybridized carbons (Fsp3) is 0.321. The Kier molecular flexibility index (Phi) is 8.89. The Balaban J connectivity index is 1.95. The summed E-state index contributed by atoms with van der Waals surface area (Å²) in [4.78, 5) is 14.5. The molecule has 0 unspecified atom stereocenters. The first-order valence-electron chi connectivity index (χ1n) is 11.7. The van der Waals surface area contributed by atoms with Crippen molar-refractivity contribution in [1.82, 2.24) is 4.90 Å². The van der Waals surface area contributed by atoms with Gasteiger partial charge >= 0.3 is 12.5 Å². The highest BCUT2D eigenvalue weighted by Crippen LogP contribution is 2.34. The minimum absolute atomic E-state index is 0.00911. The van der Waals surface area contributed by atoms with Gasteiger partial charge in [-0.15, -0.1) is 13.2 Å². The van der Waals surface area contributed by atoms with Crippen molar-refractivity contribution >= 4 is 17.5 Å². The zero-order valence-electron chi connectivity index (χ0n) is 21.2. The number of carbonyl (C=O) groups is 1. The summed E-state index contributed by atoms with van der Waals surface area (Å²) < 4.78 is 96.6. The summed E-state index contributed by atoms with van der Waals surface area (Å²) in [7, 11) is 0. The summed E-state index contributed by atoms with van der Waals surface area (Å²) in [6.07, 6.45) is -9.77. The third-order valence-electron chi connectivity index (χ3n) is 5.87. The van der Waals surface area contributed by atoms with Crippen LogP contribution in [-0.2, 0) is 24.6 Å². The molecule has 39 heavy (non-hydrogen) atoms. The number of alkyl halides is 6. The molecular weight excluding hydrogens is 551 g/mol. The van der Waals surface area contributed by atoms with Gasteiger partial charge < -0.3 is 9.64 Å². The first-order valence-corrected chi connectivity index (χ1v) is 12.1. The van der Waals surface area contributed by atoms with Crippen LogP contribution >= 0.6 is 11.6 Å². The van der Waals surface area contributed by atoms with Gasteiger partial charge in [-0.25, -0.2) is 4.39 Å². The Hall–Kier alpha value is -3.27. The maximum atomic E-state index is 14.8. The number of halogens is 8. The minimum Gasteiger partial charge on any atom is -0.406 e. The Morgan fingerprint density at radius 3 is 2.08 bits per heavy atom. The molecule has 0 fully saturated rings. The number of hydrogen-bond acceptors (Lipinski definition) is 2. The van der Waals surface area contributed by atoms with Gasteiger partial charge in [-0.05, 0) is 52.8 Å². The van der Waals surface area contributed by atoms with E-state index < -0.39 is 46.2 Å². The molecule has 3 nitrogen and oxygen atoms in total. The van der Waals surface area contributed by atoms with Gasteiger partial charge in [-0.3, -0.25) is 4.79 Å². The molecule has 11 heteroatoms. The number of rotatable bonds is 7. The second-order valence-corrected chi connectivity index (χ2v) is 10.3. The van der Waals surface area contributed by atoms with E-state index in [1.165, 1.54) is 12.1 Å². The lowest BCUT2D eigenvalue weighted by molar-refractivity contribution is -0.274. The van der Waals surface area contributed by atoms with Crippen LogP contribution in [0.1, 0.15) is 53.4 Å². The van der Waals surface area contributed by atoms with Gasteiger partial charge in [0.05, 0.1) is 16.1 Å². The SMILES string of the molecule is CC(C)(C)c1ccc(CN(CCc2cccc(OC(F)(F)F)c2)C(=O)c2cc(C(F)(F)F)cc(Cl)c2F)cc1. The van der Waals surface area contributed by atoms with Crippen molar-refractivity contribution in [3.05, 3.63) is 99.3 Å². The van der Waals surface area contributed by atoms with E-state index in [0.717, 1.165) is 22.6 Å². The predicted molar refractivity (Wildman–Crippen MR) is 133 cm³/mol. The summed E-state index contributed by atoms with van der Waals surface area (Å²) in [5, 5.41) is -0.861. The number of hydrogen-bond donors (Lipinski definition) is 0. The lowest BCUT2D eigenvalue weighted by Crippen LogP contribution is -2.33. The van der Waals surface area contributed by atoms with Gasteiger partial charge in [-0.2, -0.15) is 13.2 Å². The third kappa shape index (κ3) is 8.36. The van der Waals surface area contributed by atoms with E-state index in [0.29, 0.717) is 23.3 Å². The average Bonchev–Trinajstić information content (AvgIpc) is 2.81. The molecule has 0 saturated heterocycles. The molecule has 210 valence electrons. The normalized spacial score (nSPS) is 12.4. The van der Waals surface area contributed by atoms with Gasteiger partial charge in [0.15, 0.2) is 5.82 Å². The summed E-state index contributed by atoms with van der Waals surface area (Å²) in [5.41, 5.74) is -0.334. The highest BCUT2D eigenvalue weighted by Gasteiger charge is 2.34. The van der Waals surface area contributed by atoms with Crippen LogP contribution in [0, 0.1) is 5.82 Å². The molecule has 0 N–H and O–H groups in total. The van der Waals surface area contributed by atoms with Crippen molar-refractivity contribution < 1.29 is 40.3 Å². The highest BCUT2D eigenvalue weighted by atomic mass is 35.5. The molecule has 0 bridgehead atoms. The predicted octanol–water partition coefficient (Wildman–Crippen LogP) is 8.58. The van der Waals surface area contributed by atoms with Crippen LogP contribution < -0.4 is 4.74 Å². The minimum atomic E-state index is -4.90. The molecule has 0 aliphatic rings. The molecule has 0 aliphatic carbocycles. The number of amides is 1. The van der Waals surface area contributed by atoms with Crippen molar-refractivity contribution in [2.75, 3.05) is 6.54 Å². The van der Waals surface area contributed by atoms with Crippen LogP contribution in [0.25, 0.3) is 0 Å². The largest absolute Gasteiger partial charge is 0.573 e. The van der Waals surface area contributed by atoms with Crippen molar-refractivity contribution in [3.63, 3.8) is 0 Å². The van der Waals surface area contributed by atoms with Crippen molar-refractivity contribution in [3.8, 4) is 5.75 Å². The van der Waals surface area contributed by atoms with E-state index in [-0.39, 0.29) is 24.9 Å². The zero-order chi connectivity index (χ0) is 29.2. The van der Waals surface area contributed by atoms with Gasteiger partial charge in [0, 0.05) is 13.1 Å². The molecule has 3 aromatic carbocycles. The van der Waals surface area contributed by atoms with Crippen molar-refractivity contribution in [1.29, 1.82) is 0 Å². The number of nitrogens with zero attached hydrogens (tertiary/aromatic N) is 1. The molecule has 0 radical (unpaired) electrons. The summed E-state index contributed by atoms with van der Waals surface area (Å²) in [5.74, 6) is -2.82. The number of benzene rings is 3. The number of ether oxygens (including phenoxy) is 1. The zero-order valence-corrected chi connectivity index (χ0v) is 21.9. The Bertz CT molecular complexity index is 1310. The summed E-state index contributed by atoms with van der Waals surface area (Å²) in [6, 6.07) is 13.1. The van der Waals surface area contributed by atoms with Crippen LogP contribution in [0.2, 0.25) is 5.02 Å². The molecule has 0 saturated carbocycles. The first kappa shape index (κ1) is 30.3. The van der Waals surface area contributed by atoms with Gasteiger partial charge in [0.25, 0.3) is 5.91 Å². The van der Waals surface area contributed by atoms with Crippen LogP contribution in [0.15, 0.2) is 60.7 Å². The Labute approximate surface area is 226 Å². The fourth-order valence-electron chi connectivity index (χ4n) is 3.82. The topological polar surface area (TPSA) is 29.5 Å². The Morgan fingerprint density at radius 2 is 1.51 bits per heavy atom. The van der Waals surface area contributed by atoms with E-state index in [9.17, 15) is 35.5 Å². The summed E-state index contributed by atoms with van der Waals surface area (Å²) >= 11 is 5.69. The van der Waals surface area contributed by atoms with Crippen LogP contribution in [0.5, 0.6) is 5.75 Å². The highest BCUT2D eigenvalue weighted by molar-refractivity contribution is 6.31. The monoisotopic (exact) mass is 575 g/mol. The molecular formula is C28H25ClF7NO2. The molecule has 3 aromatic rings. The Morgan fingerprint density at radius 1 is 0.872 bits per heavy atom. The smallest absolute Gasteiger partial charge is 0.406 e. The lowest BCUT2D eigenvalue weighted by atomic mass is 9.87. The van der Waals surface area contributed by atoms with Crippen LogP contribution in [-0.4, -0.2) is 23.7 Å².